The Bertz CT molecular complexity index is 940. The highest BCUT2D eigenvalue weighted by molar-refractivity contribution is 6.30. The molecule has 164 valence electrons. The van der Waals surface area contributed by atoms with Crippen LogP contribution < -0.4 is 10.6 Å². The molecule has 2 aromatic rings. The Labute approximate surface area is 187 Å². The van der Waals surface area contributed by atoms with Crippen LogP contribution in [-0.4, -0.2) is 60.2 Å². The van der Waals surface area contributed by atoms with Gasteiger partial charge in [-0.25, -0.2) is 0 Å². The first kappa shape index (κ1) is 22.8. The van der Waals surface area contributed by atoms with Gasteiger partial charge in [-0.1, -0.05) is 23.7 Å². The second-order valence-electron chi connectivity index (χ2n) is 7.69. The lowest BCUT2D eigenvalue weighted by atomic mass is 10.0. The molecular formula is C23H27ClN4O3. The average molecular weight is 443 g/mol. The first-order valence-electron chi connectivity index (χ1n) is 10.2. The van der Waals surface area contributed by atoms with Crippen LogP contribution in [0.5, 0.6) is 0 Å². The lowest BCUT2D eigenvalue weighted by molar-refractivity contribution is -0.130. The van der Waals surface area contributed by atoms with Crippen molar-refractivity contribution in [2.24, 2.45) is 0 Å². The molecule has 0 unspecified atom stereocenters. The van der Waals surface area contributed by atoms with Crippen molar-refractivity contribution in [1.82, 2.24) is 9.80 Å². The summed E-state index contributed by atoms with van der Waals surface area (Å²) < 4.78 is 0. The van der Waals surface area contributed by atoms with Gasteiger partial charge in [0.1, 0.15) is 0 Å². The Balaban J connectivity index is 1.57. The summed E-state index contributed by atoms with van der Waals surface area (Å²) in [6.45, 7) is 3.30. The number of carbonyl (C=O) groups excluding carboxylic acids is 3. The molecule has 0 radical (unpaired) electrons. The van der Waals surface area contributed by atoms with Crippen LogP contribution in [-0.2, 0) is 9.59 Å². The van der Waals surface area contributed by atoms with Gasteiger partial charge in [-0.05, 0) is 49.2 Å². The van der Waals surface area contributed by atoms with Crippen LogP contribution in [0.1, 0.15) is 30.1 Å². The summed E-state index contributed by atoms with van der Waals surface area (Å²) in [5.41, 5.74) is 1.46. The van der Waals surface area contributed by atoms with Gasteiger partial charge in [0, 0.05) is 43.8 Å². The number of nitrogens with one attached hydrogen (secondary N) is 2. The maximum Gasteiger partial charge on any atom is 0.257 e. The molecule has 2 aromatic carbocycles. The summed E-state index contributed by atoms with van der Waals surface area (Å²) in [7, 11) is 1.82. The van der Waals surface area contributed by atoms with Gasteiger partial charge in [0.05, 0.1) is 17.8 Å². The minimum Gasteiger partial charge on any atom is -0.343 e. The van der Waals surface area contributed by atoms with Crippen molar-refractivity contribution in [2.45, 2.75) is 25.8 Å². The summed E-state index contributed by atoms with van der Waals surface area (Å²) in [6, 6.07) is 14.0. The van der Waals surface area contributed by atoms with Crippen LogP contribution in [0.25, 0.3) is 0 Å². The number of para-hydroxylation sites is 1. The van der Waals surface area contributed by atoms with E-state index in [1.807, 2.05) is 7.05 Å². The first-order valence-corrected chi connectivity index (χ1v) is 10.6. The van der Waals surface area contributed by atoms with E-state index in [1.165, 1.54) is 0 Å². The van der Waals surface area contributed by atoms with E-state index in [9.17, 15) is 14.4 Å². The fraction of sp³-hybridized carbons (Fsp3) is 0.348. The number of amides is 3. The van der Waals surface area contributed by atoms with Gasteiger partial charge in [-0.2, -0.15) is 0 Å². The average Bonchev–Trinajstić information content (AvgIpc) is 2.75. The fourth-order valence-corrected chi connectivity index (χ4v) is 3.76. The number of halogens is 1. The molecule has 8 heteroatoms. The van der Waals surface area contributed by atoms with Crippen molar-refractivity contribution in [3.8, 4) is 0 Å². The number of rotatable bonds is 6. The number of hydrogen-bond donors (Lipinski definition) is 2. The van der Waals surface area contributed by atoms with Crippen molar-refractivity contribution < 1.29 is 14.4 Å². The fourth-order valence-electron chi connectivity index (χ4n) is 3.64. The number of benzene rings is 2. The lowest BCUT2D eigenvalue weighted by Gasteiger charge is -2.36. The Kier molecular flexibility index (Phi) is 7.65. The van der Waals surface area contributed by atoms with Crippen LogP contribution in [0, 0.1) is 0 Å². The van der Waals surface area contributed by atoms with E-state index in [4.69, 9.17) is 11.6 Å². The molecule has 1 heterocycles. The third-order valence-corrected chi connectivity index (χ3v) is 5.77. The number of likely N-dealkylation sites (tertiary alicyclic amines) is 1. The monoisotopic (exact) mass is 442 g/mol. The smallest absolute Gasteiger partial charge is 0.257 e. The second kappa shape index (κ2) is 10.4. The van der Waals surface area contributed by atoms with Gasteiger partial charge in [0.2, 0.25) is 11.8 Å². The summed E-state index contributed by atoms with van der Waals surface area (Å²) in [6.07, 6.45) is 1.67. The molecule has 7 nitrogen and oxygen atoms in total. The Hall–Kier alpha value is -2.90. The minimum absolute atomic E-state index is 0.0599. The Morgan fingerprint density at radius 1 is 1.03 bits per heavy atom. The van der Waals surface area contributed by atoms with Crippen LogP contribution in [0.2, 0.25) is 5.02 Å². The largest absolute Gasteiger partial charge is 0.343 e. The number of anilines is 2. The van der Waals surface area contributed by atoms with Gasteiger partial charge in [-0.15, -0.1) is 0 Å². The van der Waals surface area contributed by atoms with E-state index in [1.54, 1.807) is 60.4 Å². The standard InChI is InChI=1S/C23H27ClN4O3/c1-16(29)27(2)19-11-13-28(14-12-19)15-22(30)26-21-6-4-3-5-20(21)23(31)25-18-9-7-17(24)8-10-18/h3-10,19H,11-15H2,1-2H3,(H,25,31)(H,26,30). The van der Waals surface area contributed by atoms with Gasteiger partial charge in [0.25, 0.3) is 5.91 Å². The van der Waals surface area contributed by atoms with Crippen molar-refractivity contribution >= 4 is 40.7 Å². The zero-order chi connectivity index (χ0) is 22.4. The maximum atomic E-state index is 12.7. The van der Waals surface area contributed by atoms with Gasteiger partial charge in [0.15, 0.2) is 0 Å². The van der Waals surface area contributed by atoms with Gasteiger partial charge in [-0.3, -0.25) is 19.3 Å². The van der Waals surface area contributed by atoms with E-state index in [0.717, 1.165) is 25.9 Å². The van der Waals surface area contributed by atoms with E-state index in [2.05, 4.69) is 15.5 Å². The van der Waals surface area contributed by atoms with Crippen LogP contribution in [0.4, 0.5) is 11.4 Å². The predicted octanol–water partition coefficient (Wildman–Crippen LogP) is 3.47. The van der Waals surface area contributed by atoms with E-state index in [-0.39, 0.29) is 30.3 Å². The second-order valence-corrected chi connectivity index (χ2v) is 8.13. The SMILES string of the molecule is CC(=O)N(C)C1CCN(CC(=O)Nc2ccccc2C(=O)Nc2ccc(Cl)cc2)CC1. The van der Waals surface area contributed by atoms with E-state index in [0.29, 0.717) is 22.0 Å². The van der Waals surface area contributed by atoms with Crippen LogP contribution in [0.15, 0.2) is 48.5 Å². The van der Waals surface area contributed by atoms with Crippen LogP contribution in [0.3, 0.4) is 0 Å². The molecule has 0 atom stereocenters. The topological polar surface area (TPSA) is 81.8 Å². The number of piperidine rings is 1. The van der Waals surface area contributed by atoms with Gasteiger partial charge >= 0.3 is 0 Å². The molecule has 0 bridgehead atoms. The zero-order valence-corrected chi connectivity index (χ0v) is 18.5. The highest BCUT2D eigenvalue weighted by Gasteiger charge is 2.25. The molecule has 1 aliphatic heterocycles. The summed E-state index contributed by atoms with van der Waals surface area (Å²) in [5, 5.41) is 6.26. The molecule has 2 N–H and O–H groups in total. The maximum absolute atomic E-state index is 12.7. The van der Waals surface area contributed by atoms with Crippen molar-refractivity contribution in [3.05, 3.63) is 59.1 Å². The molecule has 3 rings (SSSR count). The lowest BCUT2D eigenvalue weighted by Crippen LogP contribution is -2.46. The number of hydrogen-bond acceptors (Lipinski definition) is 4. The first-order chi connectivity index (χ1) is 14.8. The molecule has 1 saturated heterocycles. The molecular weight excluding hydrogens is 416 g/mol. The van der Waals surface area contributed by atoms with Crippen molar-refractivity contribution in [1.29, 1.82) is 0 Å². The molecule has 3 amide bonds. The Morgan fingerprint density at radius 2 is 1.68 bits per heavy atom. The predicted molar refractivity (Wildman–Crippen MR) is 122 cm³/mol. The van der Waals surface area contributed by atoms with E-state index >= 15 is 0 Å². The van der Waals surface area contributed by atoms with Crippen LogP contribution >= 0.6 is 11.6 Å². The van der Waals surface area contributed by atoms with Gasteiger partial charge < -0.3 is 15.5 Å². The minimum atomic E-state index is -0.314. The van der Waals surface area contributed by atoms with E-state index < -0.39 is 0 Å². The van der Waals surface area contributed by atoms with Crippen molar-refractivity contribution in [2.75, 3.05) is 37.3 Å². The van der Waals surface area contributed by atoms with Crippen molar-refractivity contribution in [3.63, 3.8) is 0 Å². The quantitative estimate of drug-likeness (QED) is 0.717. The normalized spacial score (nSPS) is 14.7. The zero-order valence-electron chi connectivity index (χ0n) is 17.7. The Morgan fingerprint density at radius 3 is 2.32 bits per heavy atom. The summed E-state index contributed by atoms with van der Waals surface area (Å²) >= 11 is 5.88. The molecule has 0 aromatic heterocycles. The third-order valence-electron chi connectivity index (χ3n) is 5.52. The summed E-state index contributed by atoms with van der Waals surface area (Å²) in [4.78, 5) is 40.7. The number of carbonyl (C=O) groups is 3. The molecule has 0 aliphatic carbocycles. The summed E-state index contributed by atoms with van der Waals surface area (Å²) in [5.74, 6) is -0.430. The molecule has 0 saturated carbocycles. The molecule has 1 fully saturated rings. The molecule has 1 aliphatic rings. The molecule has 0 spiro atoms. The highest BCUT2D eigenvalue weighted by Crippen LogP contribution is 2.20. The highest BCUT2D eigenvalue weighted by atomic mass is 35.5. The number of nitrogens with zero attached hydrogens (tertiary/aromatic N) is 2. The molecule has 31 heavy (non-hydrogen) atoms. The third kappa shape index (κ3) is 6.29.